The number of nitrogens with one attached hydrogen (secondary N) is 1. The fraction of sp³-hybridized carbons (Fsp3) is 0.462. The molecule has 2 rings (SSSR count). The zero-order valence-corrected chi connectivity index (χ0v) is 11.1. The van der Waals surface area contributed by atoms with Crippen molar-refractivity contribution in [1.82, 2.24) is 0 Å². The third-order valence-corrected chi connectivity index (χ3v) is 3.37. The van der Waals surface area contributed by atoms with Crippen molar-refractivity contribution in [3.63, 3.8) is 0 Å². The van der Waals surface area contributed by atoms with Gasteiger partial charge in [-0.2, -0.15) is 0 Å². The van der Waals surface area contributed by atoms with E-state index in [1.54, 1.807) is 6.92 Å². The first-order valence-corrected chi connectivity index (χ1v) is 6.27. The molecule has 1 fully saturated rings. The van der Waals surface area contributed by atoms with Crippen LogP contribution in [0.15, 0.2) is 23.2 Å². The van der Waals surface area contributed by atoms with Crippen LogP contribution in [0.4, 0.5) is 14.5 Å². The Kier molecular flexibility index (Phi) is 4.20. The highest BCUT2D eigenvalue weighted by molar-refractivity contribution is 5.92. The number of aliphatic imine (C=N–C) groups is 1. The van der Waals surface area contributed by atoms with Gasteiger partial charge < -0.3 is 20.9 Å². The van der Waals surface area contributed by atoms with Crippen LogP contribution in [0.3, 0.4) is 0 Å². The van der Waals surface area contributed by atoms with E-state index in [1.165, 1.54) is 0 Å². The zero-order valence-electron chi connectivity index (χ0n) is 11.1. The van der Waals surface area contributed by atoms with Gasteiger partial charge in [-0.1, -0.05) is 0 Å². The van der Waals surface area contributed by atoms with Crippen molar-refractivity contribution >= 4 is 11.6 Å². The number of nitrogens with zero attached hydrogens (tertiary/aromatic N) is 1. The Morgan fingerprint density at radius 2 is 2.35 bits per heavy atom. The molecule has 0 bridgehead atoms. The molecule has 1 aromatic carbocycles. The number of anilines is 1. The lowest BCUT2D eigenvalue weighted by Gasteiger charge is -2.23. The molecule has 0 spiro atoms. The number of benzene rings is 1. The second kappa shape index (κ2) is 5.72. The predicted octanol–water partition coefficient (Wildman–Crippen LogP) is 1.23. The highest BCUT2D eigenvalue weighted by Gasteiger charge is 2.39. The smallest absolute Gasteiger partial charge is 0.193 e. The second-order valence-electron chi connectivity index (χ2n) is 4.82. The Bertz CT molecular complexity index is 524. The summed E-state index contributed by atoms with van der Waals surface area (Å²) < 4.78 is 31.7. The van der Waals surface area contributed by atoms with Crippen LogP contribution in [0.5, 0.6) is 0 Å². The van der Waals surface area contributed by atoms with Crippen LogP contribution in [0.1, 0.15) is 13.3 Å². The van der Waals surface area contributed by atoms with Crippen molar-refractivity contribution in [2.75, 3.05) is 18.5 Å². The fourth-order valence-electron chi connectivity index (χ4n) is 1.97. The Balaban J connectivity index is 2.02. The summed E-state index contributed by atoms with van der Waals surface area (Å²) in [4.78, 5) is 3.96. The summed E-state index contributed by atoms with van der Waals surface area (Å²) >= 11 is 0. The van der Waals surface area contributed by atoms with Gasteiger partial charge in [-0.25, -0.2) is 8.78 Å². The third-order valence-electron chi connectivity index (χ3n) is 3.37. The van der Waals surface area contributed by atoms with Crippen molar-refractivity contribution in [2.45, 2.75) is 25.0 Å². The van der Waals surface area contributed by atoms with Crippen molar-refractivity contribution in [3.05, 3.63) is 29.8 Å². The lowest BCUT2D eigenvalue weighted by molar-refractivity contribution is -0.0201. The fourth-order valence-corrected chi connectivity index (χ4v) is 1.97. The monoisotopic (exact) mass is 285 g/mol. The van der Waals surface area contributed by atoms with Gasteiger partial charge >= 0.3 is 0 Å². The molecule has 0 amide bonds. The van der Waals surface area contributed by atoms with Crippen molar-refractivity contribution < 1.29 is 18.6 Å². The van der Waals surface area contributed by atoms with E-state index < -0.39 is 17.2 Å². The zero-order chi connectivity index (χ0) is 14.8. The Morgan fingerprint density at radius 3 is 3.00 bits per heavy atom. The number of hydrogen-bond acceptors (Lipinski definition) is 3. The number of ether oxygens (including phenoxy) is 1. The molecule has 1 aromatic rings. The van der Waals surface area contributed by atoms with Crippen LogP contribution < -0.4 is 11.1 Å². The first kappa shape index (κ1) is 14.7. The summed E-state index contributed by atoms with van der Waals surface area (Å²) in [7, 11) is 0. The molecule has 0 aromatic heterocycles. The topological polar surface area (TPSA) is 79.9 Å². The van der Waals surface area contributed by atoms with Crippen molar-refractivity contribution in [2.24, 2.45) is 10.7 Å². The number of guanidine groups is 1. The molecule has 4 N–H and O–H groups in total. The van der Waals surface area contributed by atoms with Crippen LogP contribution in [0, 0.1) is 11.6 Å². The average Bonchev–Trinajstić information content (AvgIpc) is 2.72. The molecule has 5 nitrogen and oxygen atoms in total. The van der Waals surface area contributed by atoms with Gasteiger partial charge in [0, 0.05) is 19.1 Å². The Hall–Kier alpha value is -1.73. The minimum Gasteiger partial charge on any atom is -0.385 e. The number of aliphatic hydroxyl groups is 1. The van der Waals surface area contributed by atoms with E-state index in [1.807, 2.05) is 0 Å². The van der Waals surface area contributed by atoms with Gasteiger partial charge in [-0.05, 0) is 19.1 Å². The molecular weight excluding hydrogens is 268 g/mol. The summed E-state index contributed by atoms with van der Waals surface area (Å²) in [5, 5.41) is 12.7. The number of nitrogens with two attached hydrogens (primary N) is 1. The SMILES string of the molecule is CC1OCCC1(O)CN=C(N)Nc1cc(F)ccc1F. The van der Waals surface area contributed by atoms with Gasteiger partial charge in [-0.15, -0.1) is 0 Å². The average molecular weight is 285 g/mol. The van der Waals surface area contributed by atoms with Gasteiger partial charge in [0.1, 0.15) is 17.2 Å². The van der Waals surface area contributed by atoms with E-state index in [0.29, 0.717) is 13.0 Å². The molecule has 1 saturated heterocycles. The van der Waals surface area contributed by atoms with E-state index in [-0.39, 0.29) is 24.3 Å². The quantitative estimate of drug-likeness (QED) is 0.576. The molecule has 1 heterocycles. The third kappa shape index (κ3) is 3.23. The molecule has 7 heteroatoms. The lowest BCUT2D eigenvalue weighted by atomic mass is 9.97. The predicted molar refractivity (Wildman–Crippen MR) is 71.5 cm³/mol. The molecule has 1 aliphatic rings. The number of halogens is 2. The summed E-state index contributed by atoms with van der Waals surface area (Å²) in [6, 6.07) is 2.98. The molecule has 110 valence electrons. The van der Waals surface area contributed by atoms with Crippen LogP contribution in [0.2, 0.25) is 0 Å². The van der Waals surface area contributed by atoms with Crippen molar-refractivity contribution in [1.29, 1.82) is 0 Å². The summed E-state index contributed by atoms with van der Waals surface area (Å²) in [5.74, 6) is -1.32. The van der Waals surface area contributed by atoms with Crippen LogP contribution in [-0.4, -0.2) is 35.9 Å². The van der Waals surface area contributed by atoms with Crippen LogP contribution >= 0.6 is 0 Å². The molecule has 0 aliphatic carbocycles. The number of rotatable bonds is 3. The molecule has 20 heavy (non-hydrogen) atoms. The second-order valence-corrected chi connectivity index (χ2v) is 4.82. The maximum atomic E-state index is 13.4. The van der Waals surface area contributed by atoms with Crippen LogP contribution in [-0.2, 0) is 4.74 Å². The standard InChI is InChI=1S/C13H17F2N3O2/c1-8-13(19,4-5-20-8)7-17-12(16)18-11-6-9(14)2-3-10(11)15/h2-3,6,8,19H,4-5,7H2,1H3,(H3,16,17,18). The Labute approximate surface area is 115 Å². The minimum atomic E-state index is -1.08. The molecular formula is C13H17F2N3O2. The van der Waals surface area contributed by atoms with Crippen LogP contribution in [0.25, 0.3) is 0 Å². The van der Waals surface area contributed by atoms with Gasteiger partial charge in [0.05, 0.1) is 18.3 Å². The maximum Gasteiger partial charge on any atom is 0.193 e. The van der Waals surface area contributed by atoms with Gasteiger partial charge in [-0.3, -0.25) is 4.99 Å². The summed E-state index contributed by atoms with van der Waals surface area (Å²) in [6.07, 6.45) is 0.115. The normalized spacial score (nSPS) is 26.8. The van der Waals surface area contributed by atoms with E-state index in [0.717, 1.165) is 18.2 Å². The van der Waals surface area contributed by atoms with Crippen molar-refractivity contribution in [3.8, 4) is 0 Å². The molecule has 1 aliphatic heterocycles. The molecule has 0 radical (unpaired) electrons. The number of hydrogen-bond donors (Lipinski definition) is 3. The lowest BCUT2D eigenvalue weighted by Crippen LogP contribution is -2.40. The Morgan fingerprint density at radius 1 is 1.60 bits per heavy atom. The highest BCUT2D eigenvalue weighted by atomic mass is 19.1. The summed E-state index contributed by atoms with van der Waals surface area (Å²) in [5.41, 5.74) is 4.43. The summed E-state index contributed by atoms with van der Waals surface area (Å²) in [6.45, 7) is 2.24. The van der Waals surface area contributed by atoms with E-state index in [9.17, 15) is 13.9 Å². The van der Waals surface area contributed by atoms with Gasteiger partial charge in [0.15, 0.2) is 5.96 Å². The van der Waals surface area contributed by atoms with E-state index in [4.69, 9.17) is 10.5 Å². The highest BCUT2D eigenvalue weighted by Crippen LogP contribution is 2.25. The largest absolute Gasteiger partial charge is 0.385 e. The first-order chi connectivity index (χ1) is 9.40. The molecule has 0 saturated carbocycles. The van der Waals surface area contributed by atoms with E-state index >= 15 is 0 Å². The minimum absolute atomic E-state index is 0.0317. The molecule has 2 unspecified atom stereocenters. The van der Waals surface area contributed by atoms with Gasteiger partial charge in [0.2, 0.25) is 0 Å². The van der Waals surface area contributed by atoms with E-state index in [2.05, 4.69) is 10.3 Å². The first-order valence-electron chi connectivity index (χ1n) is 6.27. The van der Waals surface area contributed by atoms with Gasteiger partial charge in [0.25, 0.3) is 0 Å². The maximum absolute atomic E-state index is 13.4. The molecule has 2 atom stereocenters.